The molecule has 0 spiro atoms. The second-order valence-electron chi connectivity index (χ2n) is 9.41. The number of aromatic nitrogens is 3. The number of ketones is 1. The number of carbonyl (C=O) groups excluding carboxylic acids is 1. The minimum Gasteiger partial charge on any atom is -0.480 e. The Hall–Kier alpha value is -3.57. The van der Waals surface area contributed by atoms with Crippen LogP contribution in [0, 0.1) is 12.8 Å². The maximum Gasteiger partial charge on any atom is 0.262 e. The molecule has 9 nitrogen and oxygen atoms in total. The quantitative estimate of drug-likeness (QED) is 0.374. The Labute approximate surface area is 218 Å². The van der Waals surface area contributed by atoms with Crippen LogP contribution in [0.2, 0.25) is 0 Å². The van der Waals surface area contributed by atoms with Crippen LogP contribution in [0.15, 0.2) is 47.8 Å². The van der Waals surface area contributed by atoms with E-state index in [2.05, 4.69) is 24.6 Å². The molecule has 0 saturated carbocycles. The number of thiophene rings is 1. The first kappa shape index (κ1) is 23.8. The van der Waals surface area contributed by atoms with Crippen molar-refractivity contribution in [1.29, 1.82) is 0 Å². The number of aryl methyl sites for hydroxylation is 1. The highest BCUT2D eigenvalue weighted by atomic mass is 32.2. The van der Waals surface area contributed by atoms with Gasteiger partial charge in [0.15, 0.2) is 5.78 Å². The van der Waals surface area contributed by atoms with Crippen molar-refractivity contribution in [3.8, 4) is 16.3 Å². The molecule has 190 valence electrons. The first-order valence-electron chi connectivity index (χ1n) is 12.0. The highest BCUT2D eigenvalue weighted by molar-refractivity contribution is 7.92. The summed E-state index contributed by atoms with van der Waals surface area (Å²) in [6.07, 6.45) is 5.34. The predicted molar refractivity (Wildman–Crippen MR) is 143 cm³/mol. The molecule has 6 rings (SSSR count). The van der Waals surface area contributed by atoms with Gasteiger partial charge < -0.3 is 9.64 Å². The van der Waals surface area contributed by atoms with Crippen LogP contribution in [0.4, 0.5) is 11.5 Å². The SMILES string of the molecule is COc1ncc2cc1NS(=O)(=O)c1cccc(c1)C(=O)CC[C@H]1CCN(C1)c1ncnc3c(C)c-2sc13. The van der Waals surface area contributed by atoms with Crippen molar-refractivity contribution in [3.05, 3.63) is 54.0 Å². The summed E-state index contributed by atoms with van der Waals surface area (Å²) in [5, 5.41) is 0. The lowest BCUT2D eigenvalue weighted by Crippen LogP contribution is -2.21. The number of ether oxygens (including phenoxy) is 1. The predicted octanol–water partition coefficient (Wildman–Crippen LogP) is 4.67. The fourth-order valence-corrected chi connectivity index (χ4v) is 7.46. The zero-order valence-electron chi connectivity index (χ0n) is 20.4. The van der Waals surface area contributed by atoms with E-state index in [1.165, 1.54) is 19.2 Å². The van der Waals surface area contributed by atoms with Crippen LogP contribution < -0.4 is 14.4 Å². The number of hydrogen-bond donors (Lipinski definition) is 1. The summed E-state index contributed by atoms with van der Waals surface area (Å²) in [6, 6.07) is 7.90. The van der Waals surface area contributed by atoms with Crippen molar-refractivity contribution >= 4 is 48.9 Å². The van der Waals surface area contributed by atoms with Crippen molar-refractivity contribution in [3.63, 3.8) is 0 Å². The van der Waals surface area contributed by atoms with Gasteiger partial charge in [0.1, 0.15) is 17.8 Å². The molecule has 0 amide bonds. The number of pyridine rings is 1. The summed E-state index contributed by atoms with van der Waals surface area (Å²) in [4.78, 5) is 29.8. The van der Waals surface area contributed by atoms with Crippen molar-refractivity contribution in [1.82, 2.24) is 15.0 Å². The van der Waals surface area contributed by atoms with E-state index >= 15 is 0 Å². The number of anilines is 2. The lowest BCUT2D eigenvalue weighted by Gasteiger charge is -2.18. The molecule has 1 N–H and O–H groups in total. The maximum absolute atomic E-state index is 13.3. The summed E-state index contributed by atoms with van der Waals surface area (Å²) < 4.78 is 35.7. The van der Waals surface area contributed by atoms with Gasteiger partial charge in [-0.15, -0.1) is 11.3 Å². The van der Waals surface area contributed by atoms with Crippen molar-refractivity contribution in [2.45, 2.75) is 31.1 Å². The maximum atomic E-state index is 13.3. The fourth-order valence-electron chi connectivity index (χ4n) is 5.11. The van der Waals surface area contributed by atoms with Crippen LogP contribution in [0.3, 0.4) is 0 Å². The molecule has 37 heavy (non-hydrogen) atoms. The first-order chi connectivity index (χ1) is 17.8. The molecule has 1 saturated heterocycles. The van der Waals surface area contributed by atoms with E-state index in [1.54, 1.807) is 42.1 Å². The summed E-state index contributed by atoms with van der Waals surface area (Å²) >= 11 is 1.57. The Kier molecular flexibility index (Phi) is 5.84. The minimum absolute atomic E-state index is 0.0110. The van der Waals surface area contributed by atoms with Gasteiger partial charge in [-0.05, 0) is 49.4 Å². The number of benzene rings is 1. The van der Waals surface area contributed by atoms with Gasteiger partial charge in [0.25, 0.3) is 10.0 Å². The molecule has 4 aromatic rings. The summed E-state index contributed by atoms with van der Waals surface area (Å²) in [6.45, 7) is 3.69. The number of methoxy groups -OCH3 is 1. The molecule has 11 heteroatoms. The van der Waals surface area contributed by atoms with E-state index in [0.29, 0.717) is 17.9 Å². The highest BCUT2D eigenvalue weighted by Crippen LogP contribution is 2.43. The van der Waals surface area contributed by atoms with Crippen molar-refractivity contribution < 1.29 is 17.9 Å². The highest BCUT2D eigenvalue weighted by Gasteiger charge is 2.28. The average molecular weight is 536 g/mol. The summed E-state index contributed by atoms with van der Waals surface area (Å²) in [5.41, 5.74) is 3.19. The van der Waals surface area contributed by atoms with Gasteiger partial charge >= 0.3 is 0 Å². The lowest BCUT2D eigenvalue weighted by molar-refractivity contribution is 0.0974. The number of nitrogens with one attached hydrogen (secondary N) is 1. The molecule has 5 heterocycles. The van der Waals surface area contributed by atoms with Gasteiger partial charge in [-0.3, -0.25) is 9.52 Å². The smallest absolute Gasteiger partial charge is 0.262 e. The van der Waals surface area contributed by atoms with Crippen LogP contribution in [-0.4, -0.2) is 49.4 Å². The average Bonchev–Trinajstić information content (AvgIpc) is 3.51. The zero-order valence-corrected chi connectivity index (χ0v) is 22.0. The molecule has 2 aliphatic heterocycles. The Morgan fingerprint density at radius 1 is 1.14 bits per heavy atom. The van der Waals surface area contributed by atoms with Crippen molar-refractivity contribution in [2.24, 2.45) is 5.92 Å². The van der Waals surface area contributed by atoms with Crippen LogP contribution in [0.25, 0.3) is 20.7 Å². The van der Waals surface area contributed by atoms with E-state index in [9.17, 15) is 13.2 Å². The van der Waals surface area contributed by atoms with E-state index in [4.69, 9.17) is 4.74 Å². The van der Waals surface area contributed by atoms with E-state index < -0.39 is 10.0 Å². The number of rotatable bonds is 1. The molecule has 0 unspecified atom stereocenters. The van der Waals surface area contributed by atoms with Crippen LogP contribution in [0.5, 0.6) is 5.88 Å². The lowest BCUT2D eigenvalue weighted by atomic mass is 9.98. The Bertz CT molecular complexity index is 1650. The third kappa shape index (κ3) is 4.21. The van der Waals surface area contributed by atoms with E-state index in [0.717, 1.165) is 58.0 Å². The number of fused-ring (bicyclic) bond motifs is 9. The molecule has 1 aromatic carbocycles. The van der Waals surface area contributed by atoms with Crippen molar-refractivity contribution in [2.75, 3.05) is 29.8 Å². The third-order valence-corrected chi connectivity index (χ3v) is 9.76. The van der Waals surface area contributed by atoms with Gasteiger partial charge in [-0.2, -0.15) is 0 Å². The molecule has 1 fully saturated rings. The number of sulfonamides is 1. The number of Topliss-reactive ketones (excluding diaryl/α,β-unsaturated/α-hetero) is 1. The molecule has 3 aromatic heterocycles. The van der Waals surface area contributed by atoms with Gasteiger partial charge in [0.05, 0.1) is 22.2 Å². The standard InChI is InChI=1S/C26H25N5O4S2/c1-15-22-24-25(29-14-28-22)31-9-8-16(13-31)6-7-21(32)17-4-3-5-19(10-17)37(33,34)30-20-11-18(23(15)36-24)12-27-26(20)35-2/h3-5,10-12,14,16,30H,6-9,13H2,1-2H3/t16-/m0/s1. The molecule has 0 aliphatic carbocycles. The number of nitrogens with zero attached hydrogens (tertiary/aromatic N) is 4. The summed E-state index contributed by atoms with van der Waals surface area (Å²) in [7, 11) is -2.57. The topological polar surface area (TPSA) is 114 Å². The van der Waals surface area contributed by atoms with Gasteiger partial charge in [-0.25, -0.2) is 23.4 Å². The monoisotopic (exact) mass is 535 g/mol. The second kappa shape index (κ2) is 9.07. The second-order valence-corrected chi connectivity index (χ2v) is 12.1. The fraction of sp³-hybridized carbons (Fsp3) is 0.308. The van der Waals surface area contributed by atoms with Crippen LogP contribution in [-0.2, 0) is 10.0 Å². The molecule has 0 radical (unpaired) electrons. The molecular weight excluding hydrogens is 510 g/mol. The van der Waals surface area contributed by atoms with Crippen LogP contribution >= 0.6 is 11.3 Å². The Morgan fingerprint density at radius 2 is 2.00 bits per heavy atom. The van der Waals surface area contributed by atoms with E-state index in [-0.39, 0.29) is 22.2 Å². The zero-order chi connectivity index (χ0) is 25.7. The summed E-state index contributed by atoms with van der Waals surface area (Å²) in [5.74, 6) is 1.34. The molecular formula is C26H25N5O4S2. The molecule has 8 bridgehead atoms. The number of hydrogen-bond acceptors (Lipinski definition) is 9. The first-order valence-corrected chi connectivity index (χ1v) is 14.3. The minimum atomic E-state index is -4.01. The van der Waals surface area contributed by atoms with Gasteiger partial charge in [-0.1, -0.05) is 12.1 Å². The Balaban J connectivity index is 1.54. The third-order valence-electron chi connectivity index (χ3n) is 7.07. The molecule has 1 atom stereocenters. The van der Waals surface area contributed by atoms with Gasteiger partial charge in [0.2, 0.25) is 5.88 Å². The largest absolute Gasteiger partial charge is 0.480 e. The Morgan fingerprint density at radius 3 is 2.84 bits per heavy atom. The van der Waals surface area contributed by atoms with Gasteiger partial charge in [0, 0.05) is 41.7 Å². The molecule has 2 aliphatic rings. The van der Waals surface area contributed by atoms with E-state index in [1.807, 2.05) is 6.92 Å². The van der Waals surface area contributed by atoms with Crippen LogP contribution in [0.1, 0.15) is 35.2 Å². The normalized spacial score (nSPS) is 18.9. The number of carbonyl (C=O) groups is 1.